The molecule has 4 rings (SSSR count). The van der Waals surface area contributed by atoms with E-state index < -0.39 is 0 Å². The van der Waals surface area contributed by atoms with Crippen molar-refractivity contribution in [3.8, 4) is 22.5 Å². The summed E-state index contributed by atoms with van der Waals surface area (Å²) >= 11 is 0. The molecule has 29 heavy (non-hydrogen) atoms. The number of aromatic nitrogens is 3. The highest BCUT2D eigenvalue weighted by atomic mass is 15.0. The van der Waals surface area contributed by atoms with Gasteiger partial charge in [-0.3, -0.25) is 4.98 Å². The van der Waals surface area contributed by atoms with E-state index in [9.17, 15) is 0 Å². The minimum atomic E-state index is 0.741. The van der Waals surface area contributed by atoms with Crippen LogP contribution in [0.1, 0.15) is 18.1 Å². The Hall–Kier alpha value is -3.66. The fraction of sp³-hybridized carbons (Fsp3) is 0.120. The predicted molar refractivity (Wildman–Crippen MR) is 119 cm³/mol. The van der Waals surface area contributed by atoms with E-state index >= 15 is 0 Å². The normalized spacial score (nSPS) is 11.6. The molecule has 0 aliphatic rings. The molecule has 4 nitrogen and oxygen atoms in total. The SMILES string of the molecule is C/C=C(\N)c1ccnc(-c2cn(CCc3ccccc3-c3ccccc3)cn2)c1. The first-order valence-electron chi connectivity index (χ1n) is 9.78. The number of imidazole rings is 1. The lowest BCUT2D eigenvalue weighted by Gasteiger charge is -2.10. The van der Waals surface area contributed by atoms with Crippen molar-refractivity contribution in [3.63, 3.8) is 0 Å². The molecule has 2 aromatic heterocycles. The Balaban J connectivity index is 1.52. The summed E-state index contributed by atoms with van der Waals surface area (Å²) in [5, 5.41) is 0. The van der Waals surface area contributed by atoms with Crippen molar-refractivity contribution in [2.24, 2.45) is 5.73 Å². The summed E-state index contributed by atoms with van der Waals surface area (Å²) in [6.45, 7) is 2.78. The monoisotopic (exact) mass is 380 g/mol. The van der Waals surface area contributed by atoms with Crippen molar-refractivity contribution in [3.05, 3.63) is 103 Å². The summed E-state index contributed by atoms with van der Waals surface area (Å²) in [5.74, 6) is 0. The molecule has 4 heteroatoms. The van der Waals surface area contributed by atoms with Gasteiger partial charge in [-0.25, -0.2) is 4.98 Å². The Morgan fingerprint density at radius 1 is 0.966 bits per heavy atom. The smallest absolute Gasteiger partial charge is 0.107 e. The average Bonchev–Trinajstić information content (AvgIpc) is 3.27. The molecule has 0 bridgehead atoms. The Bertz CT molecular complexity index is 1130. The summed E-state index contributed by atoms with van der Waals surface area (Å²) in [5.41, 5.74) is 13.3. The highest BCUT2D eigenvalue weighted by Crippen LogP contribution is 2.24. The molecule has 0 aliphatic heterocycles. The molecule has 0 fully saturated rings. The molecule has 2 heterocycles. The van der Waals surface area contributed by atoms with Crippen LogP contribution >= 0.6 is 0 Å². The van der Waals surface area contributed by atoms with Crippen LogP contribution in [-0.4, -0.2) is 14.5 Å². The first-order chi connectivity index (χ1) is 14.2. The van der Waals surface area contributed by atoms with Gasteiger partial charge in [-0.15, -0.1) is 0 Å². The molecule has 4 aromatic rings. The number of hydrogen-bond donors (Lipinski definition) is 1. The molecular weight excluding hydrogens is 356 g/mol. The van der Waals surface area contributed by atoms with Gasteiger partial charge in [-0.2, -0.15) is 0 Å². The predicted octanol–water partition coefficient (Wildman–Crippen LogP) is 5.17. The van der Waals surface area contributed by atoms with Gasteiger partial charge in [-0.05, 0) is 42.2 Å². The van der Waals surface area contributed by atoms with Crippen LogP contribution in [0.15, 0.2) is 91.5 Å². The molecule has 0 saturated carbocycles. The van der Waals surface area contributed by atoms with Gasteiger partial charge in [0.1, 0.15) is 5.69 Å². The second-order valence-electron chi connectivity index (χ2n) is 6.94. The van der Waals surface area contributed by atoms with Gasteiger partial charge in [-0.1, -0.05) is 60.7 Å². The molecule has 0 unspecified atom stereocenters. The number of benzene rings is 2. The van der Waals surface area contributed by atoms with Crippen LogP contribution in [0.3, 0.4) is 0 Å². The number of pyridine rings is 1. The summed E-state index contributed by atoms with van der Waals surface area (Å²) in [6.07, 6.45) is 8.51. The molecule has 2 aromatic carbocycles. The number of nitrogens with zero attached hydrogens (tertiary/aromatic N) is 3. The highest BCUT2D eigenvalue weighted by Gasteiger charge is 2.08. The second kappa shape index (κ2) is 8.57. The maximum absolute atomic E-state index is 6.03. The van der Waals surface area contributed by atoms with Crippen LogP contribution in [0, 0.1) is 0 Å². The van der Waals surface area contributed by atoms with Crippen molar-refractivity contribution in [1.82, 2.24) is 14.5 Å². The lowest BCUT2D eigenvalue weighted by atomic mass is 9.98. The van der Waals surface area contributed by atoms with Gasteiger partial charge in [0, 0.05) is 30.2 Å². The first kappa shape index (κ1) is 18.7. The van der Waals surface area contributed by atoms with Crippen LogP contribution in [0.4, 0.5) is 0 Å². The van der Waals surface area contributed by atoms with Gasteiger partial charge in [0.05, 0.1) is 12.0 Å². The fourth-order valence-corrected chi connectivity index (χ4v) is 3.42. The Labute approximate surface area is 171 Å². The van der Waals surface area contributed by atoms with E-state index in [0.717, 1.165) is 35.6 Å². The molecule has 0 radical (unpaired) electrons. The van der Waals surface area contributed by atoms with E-state index in [0.29, 0.717) is 0 Å². The van der Waals surface area contributed by atoms with E-state index in [1.165, 1.54) is 16.7 Å². The minimum Gasteiger partial charge on any atom is -0.399 e. The van der Waals surface area contributed by atoms with E-state index in [4.69, 9.17) is 5.73 Å². The van der Waals surface area contributed by atoms with Crippen molar-refractivity contribution >= 4 is 5.70 Å². The number of hydrogen-bond acceptors (Lipinski definition) is 3. The zero-order valence-corrected chi connectivity index (χ0v) is 16.5. The zero-order valence-electron chi connectivity index (χ0n) is 16.5. The van der Waals surface area contributed by atoms with Crippen molar-refractivity contribution < 1.29 is 0 Å². The summed E-state index contributed by atoms with van der Waals surface area (Å²) in [4.78, 5) is 9.00. The van der Waals surface area contributed by atoms with E-state index in [2.05, 4.69) is 63.1 Å². The molecule has 0 spiro atoms. The Morgan fingerprint density at radius 2 is 1.76 bits per heavy atom. The lowest BCUT2D eigenvalue weighted by molar-refractivity contribution is 0.696. The van der Waals surface area contributed by atoms with E-state index in [1.807, 2.05) is 43.7 Å². The van der Waals surface area contributed by atoms with Gasteiger partial charge >= 0.3 is 0 Å². The molecule has 0 atom stereocenters. The van der Waals surface area contributed by atoms with Gasteiger partial charge < -0.3 is 10.3 Å². The van der Waals surface area contributed by atoms with Gasteiger partial charge in [0.2, 0.25) is 0 Å². The van der Waals surface area contributed by atoms with Crippen LogP contribution in [0.25, 0.3) is 28.2 Å². The zero-order chi connectivity index (χ0) is 20.1. The topological polar surface area (TPSA) is 56.7 Å². The van der Waals surface area contributed by atoms with E-state index in [-0.39, 0.29) is 0 Å². The second-order valence-corrected chi connectivity index (χ2v) is 6.94. The minimum absolute atomic E-state index is 0.741. The van der Waals surface area contributed by atoms with Crippen molar-refractivity contribution in [2.75, 3.05) is 0 Å². The number of aryl methyl sites for hydroxylation is 2. The van der Waals surface area contributed by atoms with Crippen LogP contribution in [0.5, 0.6) is 0 Å². The third-order valence-electron chi connectivity index (χ3n) is 5.04. The van der Waals surface area contributed by atoms with Crippen molar-refractivity contribution in [1.29, 1.82) is 0 Å². The number of rotatable bonds is 6. The highest BCUT2D eigenvalue weighted by molar-refractivity contribution is 5.68. The number of nitrogens with two attached hydrogens (primary N) is 1. The molecule has 144 valence electrons. The van der Waals surface area contributed by atoms with Crippen molar-refractivity contribution in [2.45, 2.75) is 19.9 Å². The standard InChI is InChI=1S/C25H24N4/c1-2-23(26)21-12-14-27-24(16-21)25-17-29(18-28-25)15-13-20-10-6-7-11-22(20)19-8-4-3-5-9-19/h2-12,14,16-18H,13,15,26H2,1H3/b23-2-. The fourth-order valence-electron chi connectivity index (χ4n) is 3.42. The molecule has 2 N–H and O–H groups in total. The van der Waals surface area contributed by atoms with E-state index in [1.54, 1.807) is 6.20 Å². The average molecular weight is 380 g/mol. The summed E-state index contributed by atoms with van der Waals surface area (Å²) in [6, 6.07) is 23.0. The first-order valence-corrected chi connectivity index (χ1v) is 9.78. The van der Waals surface area contributed by atoms with Gasteiger partial charge in [0.25, 0.3) is 0 Å². The third-order valence-corrected chi connectivity index (χ3v) is 5.04. The maximum Gasteiger partial charge on any atom is 0.107 e. The molecule has 0 aliphatic carbocycles. The van der Waals surface area contributed by atoms with Crippen LogP contribution < -0.4 is 5.73 Å². The summed E-state index contributed by atoms with van der Waals surface area (Å²) < 4.78 is 2.12. The summed E-state index contributed by atoms with van der Waals surface area (Å²) in [7, 11) is 0. The van der Waals surface area contributed by atoms with Crippen LogP contribution in [0.2, 0.25) is 0 Å². The molecule has 0 saturated heterocycles. The third kappa shape index (κ3) is 4.27. The Morgan fingerprint density at radius 3 is 2.59 bits per heavy atom. The lowest BCUT2D eigenvalue weighted by Crippen LogP contribution is -2.00. The molecular formula is C25H24N4. The van der Waals surface area contributed by atoms with Gasteiger partial charge in [0.15, 0.2) is 0 Å². The molecule has 0 amide bonds. The van der Waals surface area contributed by atoms with Crippen LogP contribution in [-0.2, 0) is 13.0 Å². The number of allylic oxidation sites excluding steroid dienone is 1. The largest absolute Gasteiger partial charge is 0.399 e. The maximum atomic E-state index is 6.03. The Kier molecular flexibility index (Phi) is 5.52. The quantitative estimate of drug-likeness (QED) is 0.502.